The van der Waals surface area contributed by atoms with Crippen LogP contribution in [0.5, 0.6) is 0 Å². The average Bonchev–Trinajstić information content (AvgIpc) is 3.35. The summed E-state index contributed by atoms with van der Waals surface area (Å²) in [5, 5.41) is 0. The van der Waals surface area contributed by atoms with Crippen molar-refractivity contribution in [1.82, 2.24) is 0 Å². The molecule has 0 aromatic heterocycles. The van der Waals surface area contributed by atoms with Crippen LogP contribution in [0.4, 0.5) is 0 Å². The lowest BCUT2D eigenvalue weighted by Crippen LogP contribution is -2.30. The highest BCUT2D eigenvalue weighted by Gasteiger charge is 2.19. The largest absolute Gasteiger partial charge is 0.462 e. The van der Waals surface area contributed by atoms with Gasteiger partial charge in [-0.05, 0) is 77.0 Å². The number of hydrogen-bond acceptors (Lipinski definition) is 6. The molecule has 0 fully saturated rings. The Labute approximate surface area is 426 Å². The number of hydrogen-bond donors (Lipinski definition) is 0. The third-order valence-electron chi connectivity index (χ3n) is 12.1. The molecular formula is C63H106O6. The Hall–Kier alpha value is -3.67. The maximum Gasteiger partial charge on any atom is 0.310 e. The molecule has 6 nitrogen and oxygen atoms in total. The maximum absolute atomic E-state index is 12.8. The first-order valence-corrected chi connectivity index (χ1v) is 28.7. The Morgan fingerprint density at radius 1 is 0.319 bits per heavy atom. The number of carbonyl (C=O) groups is 3. The molecule has 394 valence electrons. The minimum absolute atomic E-state index is 0.0897. The molecule has 0 rings (SSSR count). The van der Waals surface area contributed by atoms with Gasteiger partial charge in [0.05, 0.1) is 6.42 Å². The molecule has 0 N–H and O–H groups in total. The molecule has 6 heteroatoms. The van der Waals surface area contributed by atoms with Crippen molar-refractivity contribution in [2.24, 2.45) is 0 Å². The predicted octanol–water partition coefficient (Wildman–Crippen LogP) is 19.3. The number of esters is 3. The van der Waals surface area contributed by atoms with Gasteiger partial charge in [-0.3, -0.25) is 14.4 Å². The zero-order chi connectivity index (χ0) is 50.0. The highest BCUT2D eigenvalue weighted by Crippen LogP contribution is 2.16. The van der Waals surface area contributed by atoms with Crippen LogP contribution in [0.2, 0.25) is 0 Å². The molecule has 0 saturated heterocycles. The van der Waals surface area contributed by atoms with Gasteiger partial charge in [-0.25, -0.2) is 0 Å². The van der Waals surface area contributed by atoms with Crippen molar-refractivity contribution in [3.05, 3.63) is 97.2 Å². The van der Waals surface area contributed by atoms with E-state index < -0.39 is 12.1 Å². The summed E-state index contributed by atoms with van der Waals surface area (Å²) in [4.78, 5) is 38.0. The fourth-order valence-corrected chi connectivity index (χ4v) is 7.89. The molecule has 0 aliphatic rings. The Kier molecular flexibility index (Phi) is 53.9. The van der Waals surface area contributed by atoms with E-state index in [1.807, 2.05) is 6.08 Å². The highest BCUT2D eigenvalue weighted by atomic mass is 16.6. The van der Waals surface area contributed by atoms with Gasteiger partial charge in [0.2, 0.25) is 0 Å². The number of allylic oxidation sites excluding steroid dienone is 15. The van der Waals surface area contributed by atoms with E-state index in [4.69, 9.17) is 14.2 Å². The first kappa shape index (κ1) is 65.3. The molecule has 0 radical (unpaired) electrons. The van der Waals surface area contributed by atoms with E-state index in [9.17, 15) is 14.4 Å². The van der Waals surface area contributed by atoms with E-state index in [0.717, 1.165) is 89.9 Å². The highest BCUT2D eigenvalue weighted by molar-refractivity contribution is 5.72. The molecule has 0 aliphatic carbocycles. The van der Waals surface area contributed by atoms with Crippen molar-refractivity contribution in [1.29, 1.82) is 0 Å². The van der Waals surface area contributed by atoms with Gasteiger partial charge in [-0.2, -0.15) is 0 Å². The Morgan fingerprint density at radius 2 is 0.609 bits per heavy atom. The van der Waals surface area contributed by atoms with Gasteiger partial charge in [0, 0.05) is 12.8 Å². The summed E-state index contributed by atoms with van der Waals surface area (Å²) < 4.78 is 16.7. The van der Waals surface area contributed by atoms with Gasteiger partial charge in [0.25, 0.3) is 0 Å². The summed E-state index contributed by atoms with van der Waals surface area (Å²) in [6.07, 6.45) is 75.9. The van der Waals surface area contributed by atoms with Crippen LogP contribution in [0.15, 0.2) is 97.2 Å². The molecule has 69 heavy (non-hydrogen) atoms. The molecular weight excluding hydrogens is 853 g/mol. The molecule has 0 spiro atoms. The third kappa shape index (κ3) is 55.1. The van der Waals surface area contributed by atoms with E-state index in [2.05, 4.69) is 106 Å². The smallest absolute Gasteiger partial charge is 0.310 e. The van der Waals surface area contributed by atoms with Gasteiger partial charge in [-0.15, -0.1) is 0 Å². The lowest BCUT2D eigenvalue weighted by Gasteiger charge is -2.18. The van der Waals surface area contributed by atoms with Crippen LogP contribution >= 0.6 is 0 Å². The topological polar surface area (TPSA) is 78.9 Å². The zero-order valence-corrected chi connectivity index (χ0v) is 45.0. The average molecular weight is 960 g/mol. The van der Waals surface area contributed by atoms with Crippen molar-refractivity contribution in [2.45, 2.75) is 271 Å². The lowest BCUT2D eigenvalue weighted by atomic mass is 10.0. The summed E-state index contributed by atoms with van der Waals surface area (Å²) in [7, 11) is 0. The normalized spacial score (nSPS) is 12.8. The standard InChI is InChI=1S/C63H106O6/c1-4-7-10-13-16-19-22-25-27-28-29-30-31-32-33-34-36-38-41-44-47-50-53-56-62(65)68-59-60(58-67-61(64)55-52-49-46-43-40-37-24-21-18-15-12-9-6-3)69-63(66)57-54-51-48-45-42-39-35-26-23-20-17-14-11-8-5-2/h8-9,11-12,17-18,20-21,26,35,37,40,42,45,51,54,60H,4-7,10,13-16,19,22-25,27-34,36,38-39,41,43-44,46-50,52-53,55-59H2,1-3H3/b11-8-,12-9-,20-17-,21-18-,35-26-,40-37-,45-42-,54-51-. The van der Waals surface area contributed by atoms with E-state index >= 15 is 0 Å². The summed E-state index contributed by atoms with van der Waals surface area (Å²) >= 11 is 0. The first-order chi connectivity index (χ1) is 34.0. The second-order valence-corrected chi connectivity index (χ2v) is 18.8. The Bertz CT molecular complexity index is 1380. The summed E-state index contributed by atoms with van der Waals surface area (Å²) in [5.74, 6) is -1.08. The van der Waals surface area contributed by atoms with Crippen LogP contribution in [0, 0.1) is 0 Å². The van der Waals surface area contributed by atoms with Crippen LogP contribution in [-0.2, 0) is 28.6 Å². The molecule has 1 atom stereocenters. The van der Waals surface area contributed by atoms with Gasteiger partial charge in [-0.1, -0.05) is 266 Å². The van der Waals surface area contributed by atoms with Gasteiger partial charge < -0.3 is 14.2 Å². The molecule has 0 saturated carbocycles. The van der Waals surface area contributed by atoms with E-state index in [0.29, 0.717) is 19.3 Å². The van der Waals surface area contributed by atoms with Crippen LogP contribution < -0.4 is 0 Å². The first-order valence-electron chi connectivity index (χ1n) is 28.7. The summed E-state index contributed by atoms with van der Waals surface area (Å²) in [6, 6.07) is 0. The number of carbonyl (C=O) groups excluding carboxylic acids is 3. The molecule has 0 heterocycles. The second-order valence-electron chi connectivity index (χ2n) is 18.8. The van der Waals surface area contributed by atoms with Crippen molar-refractivity contribution >= 4 is 17.9 Å². The number of ether oxygens (including phenoxy) is 3. The maximum atomic E-state index is 12.8. The van der Waals surface area contributed by atoms with Crippen LogP contribution in [0.1, 0.15) is 265 Å². The molecule has 0 aromatic rings. The second kappa shape index (κ2) is 56.9. The molecule has 0 amide bonds. The van der Waals surface area contributed by atoms with Gasteiger partial charge in [0.15, 0.2) is 6.10 Å². The van der Waals surface area contributed by atoms with E-state index in [1.165, 1.54) is 128 Å². The fraction of sp³-hybridized carbons (Fsp3) is 0.698. The van der Waals surface area contributed by atoms with Crippen LogP contribution in [0.25, 0.3) is 0 Å². The van der Waals surface area contributed by atoms with Crippen LogP contribution in [-0.4, -0.2) is 37.2 Å². The minimum atomic E-state index is -0.843. The number of unbranched alkanes of at least 4 members (excludes halogenated alkanes) is 25. The molecule has 0 bridgehead atoms. The van der Waals surface area contributed by atoms with E-state index in [-0.39, 0.29) is 31.6 Å². The SMILES string of the molecule is CC/C=C\C/C=C\C/C=C\C/C=C\C/C=C\CC(=O)OC(COC(=O)CCCCC/C=C\C/C=C\C/C=C\CC)COC(=O)CCCCCCCCCCCCCCCCCCCCCCCCC. The van der Waals surface area contributed by atoms with Crippen LogP contribution in [0.3, 0.4) is 0 Å². The molecule has 1 unspecified atom stereocenters. The fourth-order valence-electron chi connectivity index (χ4n) is 7.89. The van der Waals surface area contributed by atoms with Crippen molar-refractivity contribution in [3.63, 3.8) is 0 Å². The lowest BCUT2D eigenvalue weighted by molar-refractivity contribution is -0.166. The molecule has 0 aromatic carbocycles. The van der Waals surface area contributed by atoms with Crippen molar-refractivity contribution in [2.75, 3.05) is 13.2 Å². The third-order valence-corrected chi connectivity index (χ3v) is 12.1. The predicted molar refractivity (Wildman–Crippen MR) is 297 cm³/mol. The quantitative estimate of drug-likeness (QED) is 0.0262. The Morgan fingerprint density at radius 3 is 0.957 bits per heavy atom. The molecule has 0 aliphatic heterocycles. The van der Waals surface area contributed by atoms with Crippen molar-refractivity contribution in [3.8, 4) is 0 Å². The number of rotatable bonds is 51. The van der Waals surface area contributed by atoms with E-state index in [1.54, 1.807) is 6.08 Å². The summed E-state index contributed by atoms with van der Waals surface area (Å²) in [6.45, 7) is 6.32. The minimum Gasteiger partial charge on any atom is -0.462 e. The Balaban J connectivity index is 4.39. The van der Waals surface area contributed by atoms with Crippen molar-refractivity contribution < 1.29 is 28.6 Å². The van der Waals surface area contributed by atoms with Gasteiger partial charge >= 0.3 is 17.9 Å². The zero-order valence-electron chi connectivity index (χ0n) is 45.0. The summed E-state index contributed by atoms with van der Waals surface area (Å²) in [5.41, 5.74) is 0. The van der Waals surface area contributed by atoms with Gasteiger partial charge in [0.1, 0.15) is 13.2 Å². The monoisotopic (exact) mass is 959 g/mol.